The highest BCUT2D eigenvalue weighted by Gasteiger charge is 2.38. The Labute approximate surface area is 205 Å². The topological polar surface area (TPSA) is 78.5 Å². The van der Waals surface area contributed by atoms with E-state index >= 15 is 0 Å². The minimum Gasteiger partial charge on any atom is -0.442 e. The molecule has 2 aliphatic rings. The van der Waals surface area contributed by atoms with Gasteiger partial charge in [-0.2, -0.15) is 0 Å². The number of ether oxygens (including phenoxy) is 4. The first kappa shape index (κ1) is 27.8. The summed E-state index contributed by atoms with van der Waals surface area (Å²) in [7, 11) is 3.23. The van der Waals surface area contributed by atoms with Gasteiger partial charge >= 0.3 is 0 Å². The van der Waals surface area contributed by atoms with Crippen LogP contribution in [0.5, 0.6) is 0 Å². The van der Waals surface area contributed by atoms with Gasteiger partial charge in [0.25, 0.3) is 0 Å². The van der Waals surface area contributed by atoms with E-state index in [0.29, 0.717) is 31.5 Å². The van der Waals surface area contributed by atoms with E-state index in [1.54, 1.807) is 14.2 Å². The van der Waals surface area contributed by atoms with Crippen molar-refractivity contribution in [3.8, 4) is 0 Å². The van der Waals surface area contributed by atoms with Crippen molar-refractivity contribution in [1.82, 2.24) is 4.90 Å². The minimum absolute atomic E-state index is 0.147. The van der Waals surface area contributed by atoms with E-state index in [9.17, 15) is 0 Å². The molecule has 1 fully saturated rings. The molecule has 1 atom stereocenters. The summed E-state index contributed by atoms with van der Waals surface area (Å²) in [6.45, 7) is 14.7. The van der Waals surface area contributed by atoms with Crippen molar-refractivity contribution in [3.05, 3.63) is 71.9 Å². The summed E-state index contributed by atoms with van der Waals surface area (Å²) in [5.41, 5.74) is 8.91. The van der Waals surface area contributed by atoms with Crippen molar-refractivity contribution in [1.29, 1.82) is 0 Å². The summed E-state index contributed by atoms with van der Waals surface area (Å²) < 4.78 is 22.3. The first-order chi connectivity index (χ1) is 16.3. The summed E-state index contributed by atoms with van der Waals surface area (Å²) >= 11 is 0. The first-order valence-electron chi connectivity index (χ1n) is 11.8. The number of methoxy groups -OCH3 is 2. The molecule has 0 aromatic carbocycles. The van der Waals surface area contributed by atoms with Crippen LogP contribution in [-0.2, 0) is 18.9 Å². The Morgan fingerprint density at radius 2 is 1.97 bits per heavy atom. The lowest BCUT2D eigenvalue weighted by Crippen LogP contribution is -2.61. The number of hydrogen-bond acceptors (Lipinski definition) is 7. The first-order valence-corrected chi connectivity index (χ1v) is 11.8. The van der Waals surface area contributed by atoms with Crippen molar-refractivity contribution < 1.29 is 18.9 Å². The predicted octanol–water partition coefficient (Wildman–Crippen LogP) is 4.47. The molecule has 7 nitrogen and oxygen atoms in total. The van der Waals surface area contributed by atoms with E-state index in [0.717, 1.165) is 29.8 Å². The van der Waals surface area contributed by atoms with Crippen LogP contribution in [-0.4, -0.2) is 63.1 Å². The van der Waals surface area contributed by atoms with Crippen molar-refractivity contribution in [2.24, 2.45) is 16.6 Å². The Balaban J connectivity index is 2.23. The number of nitrogens with two attached hydrogens (primary N) is 1. The standard InChI is InChI=1S/C27H41N3O4/c1-8-11-22(26(31-6)32-7)14-13-21(5)34-25-16-24(29-19-30(25)10-3)23(12-9-2)15-20(4)27(28)17-33-18-27/h9,11-16,20,26H,5,8,10,17-19,28H2,1-4,6-7H3/b12-9-,14-13-,22-11+,23-15+. The Kier molecular flexibility index (Phi) is 11.0. The van der Waals surface area contributed by atoms with Gasteiger partial charge in [-0.15, -0.1) is 0 Å². The third kappa shape index (κ3) is 7.27. The van der Waals surface area contributed by atoms with Crippen LogP contribution in [0.4, 0.5) is 0 Å². The van der Waals surface area contributed by atoms with Gasteiger partial charge in [0.2, 0.25) is 0 Å². The van der Waals surface area contributed by atoms with Gasteiger partial charge in [0.15, 0.2) is 12.2 Å². The molecule has 1 unspecified atom stereocenters. The summed E-state index contributed by atoms with van der Waals surface area (Å²) in [5.74, 6) is 1.36. The van der Waals surface area contributed by atoms with Crippen LogP contribution in [0, 0.1) is 5.92 Å². The Morgan fingerprint density at radius 3 is 2.50 bits per heavy atom. The average molecular weight is 472 g/mol. The highest BCUT2D eigenvalue weighted by Crippen LogP contribution is 2.27. The molecule has 2 heterocycles. The van der Waals surface area contributed by atoms with Gasteiger partial charge in [0, 0.05) is 32.4 Å². The van der Waals surface area contributed by atoms with Crippen LogP contribution in [0.3, 0.4) is 0 Å². The summed E-state index contributed by atoms with van der Waals surface area (Å²) in [4.78, 5) is 6.84. The Morgan fingerprint density at radius 1 is 1.26 bits per heavy atom. The van der Waals surface area contributed by atoms with Gasteiger partial charge in [0.1, 0.15) is 12.4 Å². The largest absolute Gasteiger partial charge is 0.442 e. The second kappa shape index (κ2) is 13.4. The normalized spacial score (nSPS) is 19.9. The molecule has 1 saturated heterocycles. The van der Waals surface area contributed by atoms with Crippen molar-refractivity contribution >= 4 is 5.71 Å². The molecule has 2 aliphatic heterocycles. The Hall–Kier alpha value is -2.45. The maximum Gasteiger partial charge on any atom is 0.199 e. The van der Waals surface area contributed by atoms with Gasteiger partial charge in [-0.3, -0.25) is 4.99 Å². The molecule has 2 N–H and O–H groups in total. The molecule has 188 valence electrons. The van der Waals surface area contributed by atoms with E-state index in [2.05, 4.69) is 50.5 Å². The number of nitrogens with zero attached hydrogens (tertiary/aromatic N) is 2. The molecule has 0 aromatic rings. The predicted molar refractivity (Wildman–Crippen MR) is 138 cm³/mol. The van der Waals surface area contributed by atoms with Crippen molar-refractivity contribution in [3.63, 3.8) is 0 Å². The third-order valence-electron chi connectivity index (χ3n) is 5.92. The van der Waals surface area contributed by atoms with E-state index in [1.807, 2.05) is 31.2 Å². The molecule has 7 heteroatoms. The molecule has 34 heavy (non-hydrogen) atoms. The van der Waals surface area contributed by atoms with Gasteiger partial charge in [0.05, 0.1) is 24.5 Å². The van der Waals surface area contributed by atoms with Gasteiger partial charge < -0.3 is 29.6 Å². The summed E-state index contributed by atoms with van der Waals surface area (Å²) in [6, 6.07) is 0. The summed E-state index contributed by atoms with van der Waals surface area (Å²) in [5, 5.41) is 0. The fourth-order valence-corrected chi connectivity index (χ4v) is 3.66. The molecule has 0 aliphatic carbocycles. The molecule has 2 rings (SSSR count). The van der Waals surface area contributed by atoms with E-state index < -0.39 is 6.29 Å². The minimum atomic E-state index is -0.439. The zero-order valence-corrected chi connectivity index (χ0v) is 21.5. The highest BCUT2D eigenvalue weighted by atomic mass is 16.7. The van der Waals surface area contributed by atoms with Crippen LogP contribution < -0.4 is 5.73 Å². The van der Waals surface area contributed by atoms with Crippen LogP contribution in [0.1, 0.15) is 34.1 Å². The Bertz CT molecular complexity index is 874. The average Bonchev–Trinajstić information content (AvgIpc) is 2.81. The smallest absolute Gasteiger partial charge is 0.199 e. The molecule has 0 saturated carbocycles. The second-order valence-electron chi connectivity index (χ2n) is 8.48. The molecule has 0 bridgehead atoms. The van der Waals surface area contributed by atoms with Gasteiger partial charge in [-0.1, -0.05) is 50.8 Å². The zero-order chi connectivity index (χ0) is 25.1. The van der Waals surface area contributed by atoms with Crippen LogP contribution in [0.25, 0.3) is 0 Å². The number of allylic oxidation sites excluding steroid dienone is 6. The van der Waals surface area contributed by atoms with Crippen LogP contribution >= 0.6 is 0 Å². The fraction of sp³-hybridized carbons (Fsp3) is 0.519. The quantitative estimate of drug-likeness (QED) is 0.243. The van der Waals surface area contributed by atoms with Crippen LogP contribution in [0.2, 0.25) is 0 Å². The summed E-state index contributed by atoms with van der Waals surface area (Å²) in [6.07, 6.45) is 14.4. The van der Waals surface area contributed by atoms with E-state index in [-0.39, 0.29) is 11.5 Å². The number of aliphatic imine (C=N–C) groups is 1. The lowest BCUT2D eigenvalue weighted by atomic mass is 9.82. The maximum atomic E-state index is 6.45. The monoisotopic (exact) mass is 471 g/mol. The van der Waals surface area contributed by atoms with Crippen molar-refractivity contribution in [2.75, 3.05) is 40.6 Å². The molecule has 0 amide bonds. The number of hydrogen-bond donors (Lipinski definition) is 1. The highest BCUT2D eigenvalue weighted by molar-refractivity contribution is 6.10. The molecular weight excluding hydrogens is 430 g/mol. The molecule has 0 radical (unpaired) electrons. The second-order valence-corrected chi connectivity index (χ2v) is 8.48. The molecule has 0 aromatic heterocycles. The number of rotatable bonds is 13. The van der Waals surface area contributed by atoms with Crippen LogP contribution in [0.15, 0.2) is 76.9 Å². The van der Waals surface area contributed by atoms with Gasteiger partial charge in [-0.05, 0) is 37.8 Å². The SMILES string of the molecule is C=C(/C=C\C(=C/CC)C(OC)OC)OC1=CC(C(/C=C\C)=C/C(C)C2(N)COC2)=NCN1CC. The maximum absolute atomic E-state index is 6.45. The lowest BCUT2D eigenvalue weighted by Gasteiger charge is -2.41. The molecule has 0 spiro atoms. The van der Waals surface area contributed by atoms with Crippen molar-refractivity contribution in [2.45, 2.75) is 45.9 Å². The zero-order valence-electron chi connectivity index (χ0n) is 21.5. The van der Waals surface area contributed by atoms with Gasteiger partial charge in [-0.25, -0.2) is 0 Å². The third-order valence-corrected chi connectivity index (χ3v) is 5.92. The lowest BCUT2D eigenvalue weighted by molar-refractivity contribution is -0.0726. The molecular formula is C27H41N3O4. The van der Waals surface area contributed by atoms with E-state index in [1.165, 1.54) is 0 Å². The fourth-order valence-electron chi connectivity index (χ4n) is 3.66. The van der Waals surface area contributed by atoms with E-state index in [4.69, 9.17) is 29.7 Å².